The number of nitrogens with two attached hydrogens (primary N) is 2. The van der Waals surface area contributed by atoms with Gasteiger partial charge in [-0.3, -0.25) is 9.59 Å². The van der Waals surface area contributed by atoms with E-state index in [2.05, 4.69) is 15.6 Å². The Balaban J connectivity index is 1.27. The highest BCUT2D eigenvalue weighted by Gasteiger charge is 2.24. The van der Waals surface area contributed by atoms with Crippen molar-refractivity contribution in [3.8, 4) is 11.5 Å². The van der Waals surface area contributed by atoms with Crippen molar-refractivity contribution in [1.82, 2.24) is 10.6 Å². The number of guanidine groups is 1. The van der Waals surface area contributed by atoms with Gasteiger partial charge in [0.15, 0.2) is 5.96 Å². The third-order valence-electron chi connectivity index (χ3n) is 7.63. The topological polar surface area (TPSA) is 141 Å². The normalized spacial score (nSPS) is 13.7. The molecule has 1 atom stereocenters. The van der Waals surface area contributed by atoms with Gasteiger partial charge in [-0.05, 0) is 90.9 Å². The van der Waals surface area contributed by atoms with Crippen LogP contribution in [-0.2, 0) is 17.9 Å². The summed E-state index contributed by atoms with van der Waals surface area (Å²) in [4.78, 5) is 30.9. The fraction of sp³-hybridized carbons (Fsp3) is 0.250. The lowest BCUT2D eigenvalue weighted by molar-refractivity contribution is -0.123. The minimum atomic E-state index is -0.945. The molecule has 0 unspecified atom stereocenters. The lowest BCUT2D eigenvalue weighted by atomic mass is 9.98. The molecule has 1 aliphatic rings. The molecule has 9 nitrogen and oxygen atoms in total. The summed E-state index contributed by atoms with van der Waals surface area (Å²) < 4.78 is 12.0. The Kier molecular flexibility index (Phi) is 10.7. The maximum atomic E-state index is 13.5. The summed E-state index contributed by atoms with van der Waals surface area (Å²) in [7, 11) is 0. The first-order valence-electron chi connectivity index (χ1n) is 15.2. The summed E-state index contributed by atoms with van der Waals surface area (Å²) in [5, 5.41) is 5.86. The number of amides is 2. The van der Waals surface area contributed by atoms with Crippen LogP contribution >= 0.6 is 0 Å². The van der Waals surface area contributed by atoms with Crippen molar-refractivity contribution in [2.75, 3.05) is 0 Å². The second kappa shape index (κ2) is 15.4. The molecule has 0 aliphatic heterocycles. The Bertz CT molecular complexity index is 1560. The van der Waals surface area contributed by atoms with Crippen molar-refractivity contribution in [3.63, 3.8) is 0 Å². The third-order valence-corrected chi connectivity index (χ3v) is 7.63. The highest BCUT2D eigenvalue weighted by molar-refractivity contribution is 5.98. The molecule has 5 rings (SSSR count). The molecule has 0 bridgehead atoms. The number of carbonyl (C=O) groups excluding carboxylic acids is 2. The second-order valence-corrected chi connectivity index (χ2v) is 11.1. The monoisotopic (exact) mass is 605 g/mol. The molecule has 0 spiro atoms. The van der Waals surface area contributed by atoms with Crippen LogP contribution in [0.25, 0.3) is 0 Å². The van der Waals surface area contributed by atoms with Gasteiger partial charge in [0.2, 0.25) is 5.91 Å². The van der Waals surface area contributed by atoms with E-state index in [1.165, 1.54) is 19.3 Å². The Morgan fingerprint density at radius 2 is 1.44 bits per heavy atom. The molecule has 9 heteroatoms. The first kappa shape index (κ1) is 31.1. The highest BCUT2D eigenvalue weighted by atomic mass is 16.5. The first-order valence-corrected chi connectivity index (χ1v) is 15.2. The van der Waals surface area contributed by atoms with Gasteiger partial charge in [0.1, 0.15) is 24.1 Å². The molecule has 1 aliphatic carbocycles. The van der Waals surface area contributed by atoms with E-state index in [-0.39, 0.29) is 30.4 Å². The van der Waals surface area contributed by atoms with Gasteiger partial charge in [0.25, 0.3) is 5.91 Å². The van der Waals surface area contributed by atoms with Crippen LogP contribution in [0.1, 0.15) is 65.2 Å². The number of hydrogen-bond acceptors (Lipinski definition) is 5. The van der Waals surface area contributed by atoms with Crippen LogP contribution in [0.2, 0.25) is 0 Å². The average molecular weight is 606 g/mol. The highest BCUT2D eigenvalue weighted by Crippen LogP contribution is 2.24. The van der Waals surface area contributed by atoms with Crippen molar-refractivity contribution in [1.29, 1.82) is 0 Å². The Labute approximate surface area is 263 Å². The minimum absolute atomic E-state index is 0.0301. The van der Waals surface area contributed by atoms with Crippen LogP contribution in [0.3, 0.4) is 0 Å². The van der Waals surface area contributed by atoms with E-state index >= 15 is 0 Å². The fourth-order valence-electron chi connectivity index (χ4n) is 5.20. The summed E-state index contributed by atoms with van der Waals surface area (Å²) in [6, 6.07) is 30.3. The molecule has 0 saturated heterocycles. The molecule has 6 N–H and O–H groups in total. The standard InChI is InChI=1S/C36H39N5O4/c37-36(38)40-29-17-11-25(12-18-29)23-39-35(43)33(27-13-19-30(20-14-27)44-24-26-7-3-1-4-8-26)41-34(42)28-15-21-32(22-16-28)45-31-9-5-2-6-10-31/h1,3-4,7-8,11-22,31,33H,2,5-6,9-10,23-24H2,(H,39,43)(H,41,42)(H4,37,38,40)/t33-/m0/s1. The lowest BCUT2D eigenvalue weighted by Crippen LogP contribution is -2.40. The number of rotatable bonds is 12. The Morgan fingerprint density at radius 3 is 2.11 bits per heavy atom. The van der Waals surface area contributed by atoms with Gasteiger partial charge in [0.05, 0.1) is 11.8 Å². The summed E-state index contributed by atoms with van der Waals surface area (Å²) in [5.41, 5.74) is 14.5. The molecule has 232 valence electrons. The van der Waals surface area contributed by atoms with Gasteiger partial charge in [0, 0.05) is 12.1 Å². The average Bonchev–Trinajstić information content (AvgIpc) is 3.07. The molecule has 2 amide bonds. The van der Waals surface area contributed by atoms with Gasteiger partial charge >= 0.3 is 0 Å². The van der Waals surface area contributed by atoms with Crippen molar-refractivity contribution in [2.24, 2.45) is 16.5 Å². The van der Waals surface area contributed by atoms with Gasteiger partial charge in [-0.15, -0.1) is 0 Å². The first-order chi connectivity index (χ1) is 21.9. The Morgan fingerprint density at radius 1 is 0.778 bits per heavy atom. The quantitative estimate of drug-likeness (QED) is 0.121. The zero-order chi connectivity index (χ0) is 31.4. The zero-order valence-corrected chi connectivity index (χ0v) is 25.2. The number of carbonyl (C=O) groups is 2. The van der Waals surface area contributed by atoms with Gasteiger partial charge in [-0.2, -0.15) is 0 Å². The molecule has 1 fully saturated rings. The van der Waals surface area contributed by atoms with Crippen LogP contribution in [-0.4, -0.2) is 23.9 Å². The number of hydrogen-bond donors (Lipinski definition) is 4. The summed E-state index contributed by atoms with van der Waals surface area (Å²) in [6.45, 7) is 0.669. The van der Waals surface area contributed by atoms with E-state index in [9.17, 15) is 9.59 Å². The molecule has 45 heavy (non-hydrogen) atoms. The Hall–Kier alpha value is -5.31. The molecule has 0 aromatic heterocycles. The molecule has 4 aromatic carbocycles. The molecular weight excluding hydrogens is 566 g/mol. The molecule has 0 heterocycles. The smallest absolute Gasteiger partial charge is 0.252 e. The van der Waals surface area contributed by atoms with Crippen molar-refractivity contribution in [3.05, 3.63) is 125 Å². The predicted octanol–water partition coefficient (Wildman–Crippen LogP) is 5.67. The molecular formula is C36H39N5O4. The molecule has 4 aromatic rings. The zero-order valence-electron chi connectivity index (χ0n) is 25.2. The van der Waals surface area contributed by atoms with Crippen LogP contribution in [0.5, 0.6) is 11.5 Å². The number of ether oxygens (including phenoxy) is 2. The number of nitrogens with zero attached hydrogens (tertiary/aromatic N) is 1. The van der Waals surface area contributed by atoms with Crippen molar-refractivity contribution in [2.45, 2.75) is 57.4 Å². The third kappa shape index (κ3) is 9.34. The summed E-state index contributed by atoms with van der Waals surface area (Å²) >= 11 is 0. The van der Waals surface area contributed by atoms with Gasteiger partial charge in [-0.25, -0.2) is 4.99 Å². The van der Waals surface area contributed by atoms with Gasteiger partial charge < -0.3 is 31.6 Å². The van der Waals surface area contributed by atoms with Crippen LogP contribution in [0, 0.1) is 0 Å². The van der Waals surface area contributed by atoms with E-state index < -0.39 is 6.04 Å². The van der Waals surface area contributed by atoms with Crippen molar-refractivity contribution < 1.29 is 19.1 Å². The largest absolute Gasteiger partial charge is 0.490 e. The van der Waals surface area contributed by atoms with E-state index in [4.69, 9.17) is 20.9 Å². The van der Waals surface area contributed by atoms with Crippen LogP contribution in [0.15, 0.2) is 108 Å². The van der Waals surface area contributed by atoms with Gasteiger partial charge in [-0.1, -0.05) is 61.0 Å². The van der Waals surface area contributed by atoms with Crippen LogP contribution in [0.4, 0.5) is 5.69 Å². The molecule has 0 radical (unpaired) electrons. The SMILES string of the molecule is NC(N)=Nc1ccc(CNC(=O)[C@@H](NC(=O)c2ccc(OC3CCCCC3)cc2)c2ccc(OCc3ccccc3)cc2)cc1. The summed E-state index contributed by atoms with van der Waals surface area (Å²) in [6.07, 6.45) is 5.93. The van der Waals surface area contributed by atoms with E-state index in [0.717, 1.165) is 29.7 Å². The number of nitrogens with one attached hydrogen (secondary N) is 2. The number of benzene rings is 4. The van der Waals surface area contributed by atoms with E-state index in [0.29, 0.717) is 29.2 Å². The van der Waals surface area contributed by atoms with Crippen LogP contribution < -0.4 is 31.6 Å². The summed E-state index contributed by atoms with van der Waals surface area (Å²) in [5.74, 6) is 0.641. The minimum Gasteiger partial charge on any atom is -0.490 e. The molecule has 1 saturated carbocycles. The fourth-order valence-corrected chi connectivity index (χ4v) is 5.20. The predicted molar refractivity (Wildman–Crippen MR) is 175 cm³/mol. The lowest BCUT2D eigenvalue weighted by Gasteiger charge is -2.23. The maximum Gasteiger partial charge on any atom is 0.252 e. The van der Waals surface area contributed by atoms with Crippen molar-refractivity contribution >= 4 is 23.5 Å². The van der Waals surface area contributed by atoms with E-state index in [1.807, 2.05) is 54.6 Å². The number of aliphatic imine (C=N–C) groups is 1. The van der Waals surface area contributed by atoms with E-state index in [1.54, 1.807) is 48.5 Å². The second-order valence-electron chi connectivity index (χ2n) is 11.1. The maximum absolute atomic E-state index is 13.5.